The lowest BCUT2D eigenvalue weighted by atomic mass is 9.99. The van der Waals surface area contributed by atoms with E-state index in [-0.39, 0.29) is 11.9 Å². The Hall–Kier alpha value is -2.69. The van der Waals surface area contributed by atoms with Crippen LogP contribution >= 0.6 is 23.2 Å². The second kappa shape index (κ2) is 7.51. The molecule has 0 bridgehead atoms. The third-order valence-electron chi connectivity index (χ3n) is 4.48. The topological polar surface area (TPSA) is 45.6 Å². The second-order valence-electron chi connectivity index (χ2n) is 6.21. The maximum atomic E-state index is 13.1. The number of nitrogens with zero attached hydrogens (tertiary/aromatic N) is 3. The van der Waals surface area contributed by atoms with Crippen molar-refractivity contribution in [2.45, 2.75) is 12.5 Å². The molecule has 4 rings (SSSR count). The van der Waals surface area contributed by atoms with Gasteiger partial charge in [0, 0.05) is 34.4 Å². The van der Waals surface area contributed by atoms with Crippen LogP contribution in [0.2, 0.25) is 10.0 Å². The highest BCUT2D eigenvalue weighted by atomic mass is 35.5. The number of pyridine rings is 1. The minimum Gasteiger partial charge on any atom is -0.267 e. The molecule has 1 amide bonds. The summed E-state index contributed by atoms with van der Waals surface area (Å²) in [4.78, 5) is 17.2. The molecule has 6 heteroatoms. The van der Waals surface area contributed by atoms with Gasteiger partial charge in [-0.15, -0.1) is 0 Å². The Kier molecular flexibility index (Phi) is 4.92. The summed E-state index contributed by atoms with van der Waals surface area (Å²) in [6.07, 6.45) is 4.06. The van der Waals surface area contributed by atoms with Gasteiger partial charge in [-0.05, 0) is 59.7 Å². The molecule has 0 spiro atoms. The molecule has 0 saturated carbocycles. The average Bonchev–Trinajstić information content (AvgIpc) is 3.15. The molecular formula is C21H15Cl2N3O. The van der Waals surface area contributed by atoms with Crippen molar-refractivity contribution in [2.24, 2.45) is 5.10 Å². The van der Waals surface area contributed by atoms with Crippen molar-refractivity contribution in [3.05, 3.63) is 99.8 Å². The van der Waals surface area contributed by atoms with E-state index in [2.05, 4.69) is 10.1 Å². The smallest absolute Gasteiger partial charge is 0.267 e. The lowest BCUT2D eigenvalue weighted by molar-refractivity contribution is 0.0711. The molecule has 1 aliphatic heterocycles. The number of amides is 1. The molecule has 3 aromatic rings. The van der Waals surface area contributed by atoms with Crippen LogP contribution in [0.15, 0.2) is 78.2 Å². The highest BCUT2D eigenvalue weighted by molar-refractivity contribution is 6.31. The summed E-state index contributed by atoms with van der Waals surface area (Å²) >= 11 is 11.9. The zero-order chi connectivity index (χ0) is 18.8. The zero-order valence-electron chi connectivity index (χ0n) is 14.2. The predicted molar refractivity (Wildman–Crippen MR) is 107 cm³/mol. The zero-order valence-corrected chi connectivity index (χ0v) is 15.7. The SMILES string of the molecule is O=C(c1ccc(Cl)cc1)N1N=C(c2ccc(Cl)cc2)CC1c1ccncc1. The van der Waals surface area contributed by atoms with Gasteiger partial charge in [0.05, 0.1) is 11.8 Å². The number of hydrogen-bond acceptors (Lipinski definition) is 3. The molecule has 0 N–H and O–H groups in total. The standard InChI is InChI=1S/C21H15Cl2N3O/c22-17-5-1-14(2-6-17)19-13-20(15-9-11-24-12-10-15)26(25-19)21(27)16-3-7-18(23)8-4-16/h1-12,20H,13H2. The minimum atomic E-state index is -0.193. The fraction of sp³-hybridized carbons (Fsp3) is 0.0952. The third kappa shape index (κ3) is 3.72. The number of hydrogen-bond donors (Lipinski definition) is 0. The summed E-state index contributed by atoms with van der Waals surface area (Å²) in [5, 5.41) is 7.44. The maximum absolute atomic E-state index is 13.1. The van der Waals surface area contributed by atoms with Gasteiger partial charge in [0.15, 0.2) is 0 Å². The predicted octanol–water partition coefficient (Wildman–Crippen LogP) is 5.38. The van der Waals surface area contributed by atoms with E-state index in [0.29, 0.717) is 22.0 Å². The first-order chi connectivity index (χ1) is 13.1. The Morgan fingerprint density at radius 3 is 2.11 bits per heavy atom. The van der Waals surface area contributed by atoms with Gasteiger partial charge >= 0.3 is 0 Å². The van der Waals surface area contributed by atoms with Gasteiger partial charge in [-0.2, -0.15) is 5.10 Å². The van der Waals surface area contributed by atoms with Crippen LogP contribution in [0, 0.1) is 0 Å². The summed E-state index contributed by atoms with van der Waals surface area (Å²) in [5.74, 6) is -0.169. The Balaban J connectivity index is 1.72. The molecule has 0 radical (unpaired) electrons. The van der Waals surface area contributed by atoms with E-state index in [1.54, 1.807) is 41.7 Å². The first-order valence-corrected chi connectivity index (χ1v) is 9.20. The molecular weight excluding hydrogens is 381 g/mol. The maximum Gasteiger partial charge on any atom is 0.274 e. The molecule has 134 valence electrons. The molecule has 2 aromatic carbocycles. The van der Waals surface area contributed by atoms with Crippen molar-refractivity contribution in [3.63, 3.8) is 0 Å². The van der Waals surface area contributed by atoms with Gasteiger partial charge in [0.1, 0.15) is 0 Å². The third-order valence-corrected chi connectivity index (χ3v) is 4.98. The van der Waals surface area contributed by atoms with Crippen LogP contribution in [0.4, 0.5) is 0 Å². The first kappa shape index (κ1) is 17.7. The van der Waals surface area contributed by atoms with Crippen molar-refractivity contribution < 1.29 is 4.79 Å². The van der Waals surface area contributed by atoms with Crippen LogP contribution in [-0.2, 0) is 0 Å². The molecule has 4 nitrogen and oxygen atoms in total. The first-order valence-electron chi connectivity index (χ1n) is 8.44. The summed E-state index contributed by atoms with van der Waals surface area (Å²) in [5.41, 5.74) is 3.32. The van der Waals surface area contributed by atoms with Crippen LogP contribution < -0.4 is 0 Å². The van der Waals surface area contributed by atoms with Gasteiger partial charge in [0.25, 0.3) is 5.91 Å². The van der Waals surface area contributed by atoms with Crippen molar-refractivity contribution in [1.29, 1.82) is 0 Å². The van der Waals surface area contributed by atoms with Crippen LogP contribution in [0.3, 0.4) is 0 Å². The van der Waals surface area contributed by atoms with Crippen molar-refractivity contribution in [3.8, 4) is 0 Å². The number of aromatic nitrogens is 1. The fourth-order valence-corrected chi connectivity index (χ4v) is 3.34. The molecule has 1 atom stereocenters. The highest BCUT2D eigenvalue weighted by Crippen LogP contribution is 2.34. The van der Waals surface area contributed by atoms with E-state index in [4.69, 9.17) is 23.2 Å². The average molecular weight is 396 g/mol. The molecule has 0 saturated heterocycles. The quantitative estimate of drug-likeness (QED) is 0.597. The summed E-state index contributed by atoms with van der Waals surface area (Å²) < 4.78 is 0. The lowest BCUT2D eigenvalue weighted by Crippen LogP contribution is -2.27. The van der Waals surface area contributed by atoms with E-state index < -0.39 is 0 Å². The van der Waals surface area contributed by atoms with Crippen LogP contribution in [0.25, 0.3) is 0 Å². The fourth-order valence-electron chi connectivity index (χ4n) is 3.08. The van der Waals surface area contributed by atoms with Gasteiger partial charge in [-0.3, -0.25) is 9.78 Å². The van der Waals surface area contributed by atoms with Crippen molar-refractivity contribution in [2.75, 3.05) is 0 Å². The van der Waals surface area contributed by atoms with Crippen molar-refractivity contribution in [1.82, 2.24) is 9.99 Å². The van der Waals surface area contributed by atoms with Crippen molar-refractivity contribution >= 4 is 34.8 Å². The normalized spacial score (nSPS) is 16.3. The summed E-state index contributed by atoms with van der Waals surface area (Å²) in [7, 11) is 0. The van der Waals surface area contributed by atoms with E-state index >= 15 is 0 Å². The molecule has 1 unspecified atom stereocenters. The van der Waals surface area contributed by atoms with Gasteiger partial charge < -0.3 is 0 Å². The number of hydrazone groups is 1. The number of rotatable bonds is 3. The number of benzene rings is 2. The highest BCUT2D eigenvalue weighted by Gasteiger charge is 2.33. The van der Waals surface area contributed by atoms with E-state index in [1.165, 1.54) is 0 Å². The second-order valence-corrected chi connectivity index (χ2v) is 7.08. The van der Waals surface area contributed by atoms with Gasteiger partial charge in [-0.25, -0.2) is 5.01 Å². The molecule has 0 aliphatic carbocycles. The van der Waals surface area contributed by atoms with Gasteiger partial charge in [0.2, 0.25) is 0 Å². The largest absolute Gasteiger partial charge is 0.274 e. The molecule has 1 aliphatic rings. The monoisotopic (exact) mass is 395 g/mol. The Morgan fingerprint density at radius 2 is 1.48 bits per heavy atom. The van der Waals surface area contributed by atoms with Crippen LogP contribution in [-0.4, -0.2) is 21.6 Å². The Morgan fingerprint density at radius 1 is 0.889 bits per heavy atom. The number of carbonyl (C=O) groups is 1. The Labute approximate surface area is 167 Å². The summed E-state index contributed by atoms with van der Waals surface area (Å²) in [6.45, 7) is 0. The molecule has 0 fully saturated rings. The lowest BCUT2D eigenvalue weighted by Gasteiger charge is -2.22. The number of carbonyl (C=O) groups excluding carboxylic acids is 1. The van der Waals surface area contributed by atoms with Crippen LogP contribution in [0.5, 0.6) is 0 Å². The molecule has 2 heterocycles. The molecule has 1 aromatic heterocycles. The molecule has 27 heavy (non-hydrogen) atoms. The minimum absolute atomic E-state index is 0.169. The van der Waals surface area contributed by atoms with Crippen LogP contribution in [0.1, 0.15) is 33.9 Å². The van der Waals surface area contributed by atoms with Gasteiger partial charge in [-0.1, -0.05) is 35.3 Å². The van der Waals surface area contributed by atoms with E-state index in [9.17, 15) is 4.79 Å². The van der Waals surface area contributed by atoms with E-state index in [0.717, 1.165) is 16.8 Å². The summed E-state index contributed by atoms with van der Waals surface area (Å²) in [6, 6.07) is 17.9. The number of halogens is 2. The van der Waals surface area contributed by atoms with E-state index in [1.807, 2.05) is 36.4 Å². The Bertz CT molecular complexity index is 986.